The van der Waals surface area contributed by atoms with E-state index in [4.69, 9.17) is 5.73 Å². The minimum atomic E-state index is -1.57. The van der Waals surface area contributed by atoms with Crippen LogP contribution in [0, 0.1) is 5.92 Å². The SMILES string of the molecule is CC(C)[C@H](N)C(=O)N[C@@H](CCC(=O)O)C(=O)N[C@@H](Cc1ccc(O)cc1)C(=O)N[C@@H](CCC(=O)O)C(=O)N[C@@H](Cc1c[nH]c2ccccc12)C(=O)O. The maximum absolute atomic E-state index is 13.8. The van der Waals surface area contributed by atoms with E-state index in [1.807, 2.05) is 0 Å². The zero-order valence-electron chi connectivity index (χ0n) is 28.6. The second-order valence-electron chi connectivity index (χ2n) is 12.7. The molecule has 0 fully saturated rings. The zero-order valence-corrected chi connectivity index (χ0v) is 28.6. The molecule has 0 saturated carbocycles. The fourth-order valence-corrected chi connectivity index (χ4v) is 5.26. The van der Waals surface area contributed by atoms with Crippen LogP contribution in [0.1, 0.15) is 50.7 Å². The number of benzene rings is 2. The minimum Gasteiger partial charge on any atom is -0.508 e. The molecule has 3 rings (SSSR count). The number of carbonyl (C=O) groups is 7. The van der Waals surface area contributed by atoms with E-state index in [-0.39, 0.29) is 30.9 Å². The Morgan fingerprint density at radius 2 is 1.17 bits per heavy atom. The first-order valence-electron chi connectivity index (χ1n) is 16.5. The summed E-state index contributed by atoms with van der Waals surface area (Å²) in [4.78, 5) is 91.7. The lowest BCUT2D eigenvalue weighted by Gasteiger charge is -2.27. The average molecular weight is 725 g/mol. The number of nitrogens with two attached hydrogens (primary N) is 1. The quantitative estimate of drug-likeness (QED) is 0.0758. The summed E-state index contributed by atoms with van der Waals surface area (Å²) in [5.74, 6) is -7.99. The average Bonchev–Trinajstić information content (AvgIpc) is 3.50. The smallest absolute Gasteiger partial charge is 0.326 e. The molecule has 0 aliphatic carbocycles. The number of fused-ring (bicyclic) bond motifs is 1. The molecule has 0 aliphatic heterocycles. The highest BCUT2D eigenvalue weighted by molar-refractivity contribution is 5.96. The largest absolute Gasteiger partial charge is 0.508 e. The van der Waals surface area contributed by atoms with Crippen molar-refractivity contribution in [1.82, 2.24) is 26.3 Å². The number of phenolic OH excluding ortho intramolecular Hbond substituents is 1. The number of aromatic nitrogens is 1. The number of carboxylic acids is 3. The third kappa shape index (κ3) is 12.1. The van der Waals surface area contributed by atoms with Crippen LogP contribution < -0.4 is 27.0 Å². The van der Waals surface area contributed by atoms with Gasteiger partial charge in [0.2, 0.25) is 23.6 Å². The molecule has 2 aromatic carbocycles. The number of carbonyl (C=O) groups excluding carboxylic acids is 4. The van der Waals surface area contributed by atoms with Crippen LogP contribution in [-0.4, -0.2) is 97.2 Å². The number of amides is 4. The summed E-state index contributed by atoms with van der Waals surface area (Å²) >= 11 is 0. The Labute approximate surface area is 298 Å². The van der Waals surface area contributed by atoms with Crippen LogP contribution in [0.2, 0.25) is 0 Å². The summed E-state index contributed by atoms with van der Waals surface area (Å²) in [7, 11) is 0. The van der Waals surface area contributed by atoms with Gasteiger partial charge >= 0.3 is 17.9 Å². The number of aromatic hydroxyl groups is 1. The summed E-state index contributed by atoms with van der Waals surface area (Å²) in [6.07, 6.45) is -0.686. The molecule has 0 aliphatic rings. The Bertz CT molecular complexity index is 1760. The van der Waals surface area contributed by atoms with Gasteiger partial charge in [0.15, 0.2) is 0 Å². The molecule has 0 saturated heterocycles. The van der Waals surface area contributed by atoms with E-state index in [9.17, 15) is 54.0 Å². The number of H-pyrrole nitrogens is 1. The van der Waals surface area contributed by atoms with Crippen LogP contribution in [0.5, 0.6) is 5.75 Å². The Morgan fingerprint density at radius 3 is 1.71 bits per heavy atom. The maximum atomic E-state index is 13.8. The van der Waals surface area contributed by atoms with Crippen molar-refractivity contribution in [3.8, 4) is 5.75 Å². The van der Waals surface area contributed by atoms with E-state index in [0.29, 0.717) is 11.1 Å². The molecule has 0 bridgehead atoms. The number of hydrogen-bond acceptors (Lipinski definition) is 9. The molecule has 4 amide bonds. The Morgan fingerprint density at radius 1 is 0.673 bits per heavy atom. The fraction of sp³-hybridized carbons (Fsp3) is 0.400. The van der Waals surface area contributed by atoms with Crippen molar-refractivity contribution in [3.05, 3.63) is 65.9 Å². The number of aliphatic carboxylic acids is 3. The molecule has 11 N–H and O–H groups in total. The number of hydrogen-bond donors (Lipinski definition) is 10. The lowest BCUT2D eigenvalue weighted by Crippen LogP contribution is -2.59. The van der Waals surface area contributed by atoms with Gasteiger partial charge in [-0.25, -0.2) is 4.79 Å². The number of para-hydroxylation sites is 1. The first kappa shape index (κ1) is 40.5. The van der Waals surface area contributed by atoms with Crippen molar-refractivity contribution in [2.75, 3.05) is 0 Å². The van der Waals surface area contributed by atoms with E-state index in [1.165, 1.54) is 24.3 Å². The number of rotatable bonds is 20. The molecular weight excluding hydrogens is 680 g/mol. The molecule has 1 aromatic heterocycles. The van der Waals surface area contributed by atoms with Gasteiger partial charge in [-0.2, -0.15) is 0 Å². The van der Waals surface area contributed by atoms with E-state index in [2.05, 4.69) is 26.3 Å². The molecular formula is C35H44N6O11. The number of aromatic amines is 1. The van der Waals surface area contributed by atoms with Crippen molar-refractivity contribution >= 4 is 52.4 Å². The van der Waals surface area contributed by atoms with Crippen LogP contribution in [-0.2, 0) is 46.4 Å². The van der Waals surface area contributed by atoms with Gasteiger partial charge in [-0.15, -0.1) is 0 Å². The third-order valence-corrected chi connectivity index (χ3v) is 8.30. The van der Waals surface area contributed by atoms with E-state index in [0.717, 1.165) is 10.9 Å². The van der Waals surface area contributed by atoms with E-state index >= 15 is 0 Å². The van der Waals surface area contributed by atoms with Gasteiger partial charge in [0.1, 0.15) is 29.9 Å². The van der Waals surface area contributed by atoms with Gasteiger partial charge in [-0.05, 0) is 48.1 Å². The molecule has 280 valence electrons. The van der Waals surface area contributed by atoms with Crippen molar-refractivity contribution in [2.24, 2.45) is 11.7 Å². The van der Waals surface area contributed by atoms with Crippen molar-refractivity contribution in [1.29, 1.82) is 0 Å². The summed E-state index contributed by atoms with van der Waals surface area (Å²) in [5, 5.41) is 48.7. The predicted molar refractivity (Wildman–Crippen MR) is 186 cm³/mol. The Balaban J connectivity index is 1.88. The molecule has 0 spiro atoms. The summed E-state index contributed by atoms with van der Waals surface area (Å²) in [5.41, 5.74) is 7.68. The molecule has 0 unspecified atom stereocenters. The second kappa shape index (κ2) is 18.9. The lowest BCUT2D eigenvalue weighted by molar-refractivity contribution is -0.143. The van der Waals surface area contributed by atoms with Crippen LogP contribution >= 0.6 is 0 Å². The van der Waals surface area contributed by atoms with Crippen molar-refractivity contribution < 1.29 is 54.0 Å². The summed E-state index contributed by atoms with van der Waals surface area (Å²) in [6.45, 7) is 3.35. The van der Waals surface area contributed by atoms with Gasteiger partial charge in [0.25, 0.3) is 0 Å². The molecule has 0 radical (unpaired) electrons. The first-order valence-corrected chi connectivity index (χ1v) is 16.5. The van der Waals surface area contributed by atoms with Gasteiger partial charge in [0.05, 0.1) is 6.04 Å². The Hall–Kier alpha value is -5.97. The summed E-state index contributed by atoms with van der Waals surface area (Å²) in [6, 6.07) is 5.72. The molecule has 17 heteroatoms. The summed E-state index contributed by atoms with van der Waals surface area (Å²) < 4.78 is 0. The normalized spacial score (nSPS) is 14.0. The van der Waals surface area contributed by atoms with Gasteiger partial charge < -0.3 is 52.4 Å². The monoisotopic (exact) mass is 724 g/mol. The maximum Gasteiger partial charge on any atom is 0.326 e. The standard InChI is InChI=1S/C35H44N6O11/c1-18(2)30(36)34(50)39-25(12-14-29(45)46)31(47)40-26(15-19-7-9-21(42)10-8-19)33(49)38-24(11-13-28(43)44)32(48)41-27(35(51)52)16-20-17-37-23-6-4-3-5-22(20)23/h3-10,17-18,24-27,30,37,42H,11-16,36H2,1-2H3,(H,38,49)(H,39,50)(H,40,47)(H,41,48)(H,43,44)(H,45,46)(H,51,52)/t24-,25-,26-,27-,30-/m0/s1. The van der Waals surface area contributed by atoms with Crippen LogP contribution in [0.25, 0.3) is 10.9 Å². The topological polar surface area (TPSA) is 290 Å². The highest BCUT2D eigenvalue weighted by Crippen LogP contribution is 2.19. The van der Waals surface area contributed by atoms with E-state index < -0.39 is 91.0 Å². The van der Waals surface area contributed by atoms with E-state index in [1.54, 1.807) is 44.3 Å². The third-order valence-electron chi connectivity index (χ3n) is 8.30. The van der Waals surface area contributed by atoms with Gasteiger partial charge in [-0.1, -0.05) is 44.2 Å². The van der Waals surface area contributed by atoms with Crippen molar-refractivity contribution in [2.45, 2.75) is 82.6 Å². The first-order chi connectivity index (χ1) is 24.5. The van der Waals surface area contributed by atoms with Crippen LogP contribution in [0.4, 0.5) is 0 Å². The molecule has 52 heavy (non-hydrogen) atoms. The van der Waals surface area contributed by atoms with Crippen molar-refractivity contribution in [3.63, 3.8) is 0 Å². The zero-order chi connectivity index (χ0) is 38.5. The second-order valence-corrected chi connectivity index (χ2v) is 12.7. The molecule has 1 heterocycles. The van der Waals surface area contributed by atoms with Gasteiger partial charge in [-0.3, -0.25) is 28.8 Å². The number of phenols is 1. The number of nitrogens with one attached hydrogen (secondary N) is 5. The fourth-order valence-electron chi connectivity index (χ4n) is 5.26. The highest BCUT2D eigenvalue weighted by Gasteiger charge is 2.33. The number of carboxylic acid groups (broad SMARTS) is 3. The van der Waals surface area contributed by atoms with Crippen LogP contribution in [0.3, 0.4) is 0 Å². The predicted octanol–water partition coefficient (Wildman–Crippen LogP) is 0.395. The molecule has 3 aromatic rings. The van der Waals surface area contributed by atoms with Gasteiger partial charge in [0, 0.05) is 42.8 Å². The lowest BCUT2D eigenvalue weighted by atomic mass is 10.0. The molecule has 5 atom stereocenters. The highest BCUT2D eigenvalue weighted by atomic mass is 16.4. The Kier molecular flexibility index (Phi) is 14.7. The molecule has 17 nitrogen and oxygen atoms in total. The van der Waals surface area contributed by atoms with Crippen LogP contribution in [0.15, 0.2) is 54.7 Å². The minimum absolute atomic E-state index is 0.0854.